The van der Waals surface area contributed by atoms with Crippen molar-refractivity contribution in [3.63, 3.8) is 0 Å². The van der Waals surface area contributed by atoms with Crippen molar-refractivity contribution in [2.24, 2.45) is 5.92 Å². The molecule has 1 aromatic carbocycles. The molecular weight excluding hydrogens is 490 g/mol. The van der Waals surface area contributed by atoms with Crippen LogP contribution in [0.15, 0.2) is 35.5 Å². The summed E-state index contributed by atoms with van der Waals surface area (Å²) in [5.74, 6) is -0.630. The Morgan fingerprint density at radius 2 is 1.84 bits per heavy atom. The Labute approximate surface area is 223 Å². The molecule has 3 N–H and O–H groups in total. The van der Waals surface area contributed by atoms with E-state index in [-0.39, 0.29) is 5.75 Å². The highest BCUT2D eigenvalue weighted by Crippen LogP contribution is 2.31. The van der Waals surface area contributed by atoms with Crippen LogP contribution in [0.5, 0.6) is 5.75 Å². The molecule has 10 nitrogen and oxygen atoms in total. The summed E-state index contributed by atoms with van der Waals surface area (Å²) in [6, 6.07) is 4.36. The Morgan fingerprint density at radius 3 is 2.50 bits per heavy atom. The summed E-state index contributed by atoms with van der Waals surface area (Å²) in [5, 5.41) is 7.96. The van der Waals surface area contributed by atoms with Crippen LogP contribution in [0.1, 0.15) is 84.7 Å². The number of amides is 3. The summed E-state index contributed by atoms with van der Waals surface area (Å²) in [6.07, 6.45) is 5.28. The van der Waals surface area contributed by atoms with Gasteiger partial charge >= 0.3 is 24.1 Å². The third-order valence-electron chi connectivity index (χ3n) is 6.40. The predicted molar refractivity (Wildman–Crippen MR) is 140 cm³/mol. The van der Waals surface area contributed by atoms with Crippen LogP contribution in [0.25, 0.3) is 0 Å². The molecule has 0 aromatic heterocycles. The van der Waals surface area contributed by atoms with Gasteiger partial charge in [0.1, 0.15) is 17.4 Å². The summed E-state index contributed by atoms with van der Waals surface area (Å²) in [5.41, 5.74) is 0.659. The zero-order chi connectivity index (χ0) is 27.9. The monoisotopic (exact) mass is 529 g/mol. The number of benzene rings is 1. The molecule has 208 valence electrons. The van der Waals surface area contributed by atoms with E-state index in [0.29, 0.717) is 35.8 Å². The molecular formula is C28H39N3O7. The predicted octanol–water partition coefficient (Wildman–Crippen LogP) is 4.65. The number of esters is 2. The molecule has 1 aliphatic heterocycles. The average Bonchev–Trinajstić information content (AvgIpc) is 2.86. The quantitative estimate of drug-likeness (QED) is 0.330. The number of rotatable bonds is 8. The van der Waals surface area contributed by atoms with Gasteiger partial charge in [-0.2, -0.15) is 0 Å². The number of carbonyl (C=O) groups excluding carboxylic acids is 4. The lowest BCUT2D eigenvalue weighted by Crippen LogP contribution is -2.46. The summed E-state index contributed by atoms with van der Waals surface area (Å²) in [4.78, 5) is 50.2. The smallest absolute Gasteiger partial charge is 0.408 e. The van der Waals surface area contributed by atoms with E-state index in [0.717, 1.165) is 25.7 Å². The van der Waals surface area contributed by atoms with Gasteiger partial charge in [-0.05, 0) is 70.6 Å². The van der Waals surface area contributed by atoms with E-state index in [2.05, 4.69) is 16.0 Å². The molecule has 1 saturated carbocycles. The molecule has 10 heteroatoms. The summed E-state index contributed by atoms with van der Waals surface area (Å²) in [6.45, 7) is 8.85. The number of nitrogens with one attached hydrogen (secondary N) is 3. The van der Waals surface area contributed by atoms with Gasteiger partial charge in [-0.3, -0.25) is 0 Å². The van der Waals surface area contributed by atoms with Gasteiger partial charge in [0, 0.05) is 5.70 Å². The van der Waals surface area contributed by atoms with Crippen LogP contribution in [-0.4, -0.2) is 42.3 Å². The van der Waals surface area contributed by atoms with Crippen molar-refractivity contribution in [3.05, 3.63) is 41.1 Å². The molecule has 2 atom stereocenters. The topological polar surface area (TPSA) is 132 Å². The molecule has 1 heterocycles. The molecule has 38 heavy (non-hydrogen) atoms. The number of hydrogen-bond donors (Lipinski definition) is 3. The second-order valence-corrected chi connectivity index (χ2v) is 10.7. The molecule has 1 fully saturated rings. The minimum absolute atomic E-state index is 0.200. The number of urea groups is 1. The highest BCUT2D eigenvalue weighted by molar-refractivity contribution is 5.95. The van der Waals surface area contributed by atoms with Crippen molar-refractivity contribution in [1.82, 2.24) is 16.0 Å². The second kappa shape index (κ2) is 12.8. The zero-order valence-electron chi connectivity index (χ0n) is 22.8. The van der Waals surface area contributed by atoms with Gasteiger partial charge in [-0.15, -0.1) is 0 Å². The minimum Gasteiger partial charge on any atom is -0.462 e. The maximum Gasteiger partial charge on any atom is 0.408 e. The molecule has 0 radical (unpaired) electrons. The maximum atomic E-state index is 13.2. The molecule has 1 aliphatic carbocycles. The molecule has 3 rings (SSSR count). The van der Waals surface area contributed by atoms with Gasteiger partial charge in [-0.1, -0.05) is 38.3 Å². The standard InChI is InChI=1S/C28H39N3O7/c1-6-21-22(25(33)36-16-18-11-8-7-9-12-18)23(31-26(34)30-21)19-13-10-14-20(15-19)37-24(32)17(2)29-27(35)38-28(3,4)5/h10,13-15,17-18,23H,6-9,11-12,16H2,1-5H3,(H,29,35)(H2,30,31,34)/t17-,23-/m0/s1. The van der Waals surface area contributed by atoms with Crippen LogP contribution in [0.3, 0.4) is 0 Å². The summed E-state index contributed by atoms with van der Waals surface area (Å²) < 4.78 is 16.4. The Kier molecular flexibility index (Phi) is 9.77. The first-order valence-electron chi connectivity index (χ1n) is 13.3. The van der Waals surface area contributed by atoms with E-state index in [9.17, 15) is 19.2 Å². The van der Waals surface area contributed by atoms with E-state index >= 15 is 0 Å². The number of hydrogen-bond acceptors (Lipinski definition) is 7. The molecule has 1 aromatic rings. The highest BCUT2D eigenvalue weighted by Gasteiger charge is 2.34. The molecule has 0 saturated heterocycles. The average molecular weight is 530 g/mol. The zero-order valence-corrected chi connectivity index (χ0v) is 22.8. The van der Waals surface area contributed by atoms with Gasteiger partial charge in [0.2, 0.25) is 0 Å². The largest absolute Gasteiger partial charge is 0.462 e. The maximum absolute atomic E-state index is 13.2. The number of allylic oxidation sites excluding steroid dienone is 1. The van der Waals surface area contributed by atoms with E-state index in [1.165, 1.54) is 13.3 Å². The SMILES string of the molecule is CCC1=C(C(=O)OCC2CCCCC2)[C@H](c2cccc(OC(=O)[C@H](C)NC(=O)OC(C)(C)C)c2)NC(=O)N1. The first kappa shape index (κ1) is 29.0. The summed E-state index contributed by atoms with van der Waals surface area (Å²) in [7, 11) is 0. The third kappa shape index (κ3) is 8.22. The first-order valence-corrected chi connectivity index (χ1v) is 13.3. The fourth-order valence-corrected chi connectivity index (χ4v) is 4.52. The molecule has 0 unspecified atom stereocenters. The minimum atomic E-state index is -0.969. The second-order valence-electron chi connectivity index (χ2n) is 10.7. The van der Waals surface area contributed by atoms with Crippen molar-refractivity contribution in [1.29, 1.82) is 0 Å². The van der Waals surface area contributed by atoms with Gasteiger partial charge in [0.15, 0.2) is 0 Å². The van der Waals surface area contributed by atoms with Crippen molar-refractivity contribution in [3.8, 4) is 5.75 Å². The van der Waals surface area contributed by atoms with Crippen LogP contribution in [-0.2, 0) is 19.1 Å². The van der Waals surface area contributed by atoms with Gasteiger partial charge < -0.3 is 30.2 Å². The Morgan fingerprint density at radius 1 is 1.13 bits per heavy atom. The van der Waals surface area contributed by atoms with Crippen LogP contribution < -0.4 is 20.7 Å². The van der Waals surface area contributed by atoms with Crippen LogP contribution in [0, 0.1) is 5.92 Å². The van der Waals surface area contributed by atoms with Crippen molar-refractivity contribution < 1.29 is 33.4 Å². The van der Waals surface area contributed by atoms with Crippen LogP contribution in [0.2, 0.25) is 0 Å². The van der Waals surface area contributed by atoms with Crippen molar-refractivity contribution in [2.45, 2.75) is 90.8 Å². The van der Waals surface area contributed by atoms with Gasteiger partial charge in [0.05, 0.1) is 18.2 Å². The van der Waals surface area contributed by atoms with Gasteiger partial charge in [0.25, 0.3) is 0 Å². The number of carbonyl (C=O) groups is 4. The van der Waals surface area contributed by atoms with Crippen LogP contribution in [0.4, 0.5) is 9.59 Å². The third-order valence-corrected chi connectivity index (χ3v) is 6.40. The fraction of sp³-hybridized carbons (Fsp3) is 0.571. The fourth-order valence-electron chi connectivity index (χ4n) is 4.52. The van der Waals surface area contributed by atoms with E-state index in [1.54, 1.807) is 45.0 Å². The Balaban J connectivity index is 1.74. The molecule has 2 aliphatic rings. The molecule has 0 spiro atoms. The van der Waals surface area contributed by atoms with Crippen molar-refractivity contribution in [2.75, 3.05) is 6.61 Å². The number of ether oxygens (including phenoxy) is 3. The lowest BCUT2D eigenvalue weighted by atomic mass is 9.90. The van der Waals surface area contributed by atoms with Crippen molar-refractivity contribution >= 4 is 24.1 Å². The first-order chi connectivity index (χ1) is 18.0. The Hall–Kier alpha value is -3.56. The van der Waals surface area contributed by atoms with Crippen LogP contribution >= 0.6 is 0 Å². The van der Waals surface area contributed by atoms with Gasteiger partial charge in [-0.25, -0.2) is 19.2 Å². The van der Waals surface area contributed by atoms with E-state index in [4.69, 9.17) is 14.2 Å². The normalized spacial score (nSPS) is 19.1. The lowest BCUT2D eigenvalue weighted by molar-refractivity contribution is -0.141. The van der Waals surface area contributed by atoms with E-state index < -0.39 is 41.7 Å². The molecule has 3 amide bonds. The lowest BCUT2D eigenvalue weighted by Gasteiger charge is -2.30. The highest BCUT2D eigenvalue weighted by atomic mass is 16.6. The number of alkyl carbamates (subject to hydrolysis) is 1. The molecule has 0 bridgehead atoms. The Bertz CT molecular complexity index is 1070. The summed E-state index contributed by atoms with van der Waals surface area (Å²) >= 11 is 0. The van der Waals surface area contributed by atoms with E-state index in [1.807, 2.05) is 6.92 Å².